The second-order valence-electron chi connectivity index (χ2n) is 3.61. The maximum Gasteiger partial charge on any atom is 0.330 e. The molecule has 0 aromatic heterocycles. The van der Waals surface area contributed by atoms with Crippen LogP contribution < -0.4 is 4.74 Å². The monoisotopic (exact) mass is 247 g/mol. The van der Waals surface area contributed by atoms with Gasteiger partial charge in [-0.1, -0.05) is 6.08 Å². The first-order valence-electron chi connectivity index (χ1n) is 5.57. The van der Waals surface area contributed by atoms with Gasteiger partial charge in [0, 0.05) is 6.21 Å². The van der Waals surface area contributed by atoms with Gasteiger partial charge in [-0.25, -0.2) is 4.79 Å². The van der Waals surface area contributed by atoms with Crippen LogP contribution in [0.4, 0.5) is 0 Å². The predicted molar refractivity (Wildman–Crippen MR) is 71.2 cm³/mol. The molecule has 1 aromatic rings. The molecule has 0 saturated heterocycles. The lowest BCUT2D eigenvalue weighted by atomic mass is 10.2. The van der Waals surface area contributed by atoms with Crippen LogP contribution in [0.3, 0.4) is 0 Å². The van der Waals surface area contributed by atoms with Gasteiger partial charge >= 0.3 is 5.97 Å². The number of aliphatic imine (C=N–C) groups is 1. The van der Waals surface area contributed by atoms with Gasteiger partial charge in [-0.2, -0.15) is 0 Å². The van der Waals surface area contributed by atoms with E-state index in [4.69, 9.17) is 4.74 Å². The fourth-order valence-corrected chi connectivity index (χ4v) is 1.38. The Morgan fingerprint density at radius 3 is 2.56 bits per heavy atom. The van der Waals surface area contributed by atoms with Gasteiger partial charge in [0.25, 0.3) is 0 Å². The number of esters is 1. The van der Waals surface area contributed by atoms with Crippen molar-refractivity contribution >= 4 is 12.2 Å². The molecule has 96 valence electrons. The summed E-state index contributed by atoms with van der Waals surface area (Å²) >= 11 is 0. The molecule has 0 fully saturated rings. The molecule has 4 heteroatoms. The molecule has 0 amide bonds. The fourth-order valence-electron chi connectivity index (χ4n) is 1.38. The minimum absolute atomic E-state index is 0.361. The molecular weight excluding hydrogens is 230 g/mol. The molecule has 1 rings (SSSR count). The van der Waals surface area contributed by atoms with Gasteiger partial charge in [0.05, 0.1) is 14.2 Å². The molecule has 1 aromatic carbocycles. The first-order chi connectivity index (χ1) is 8.71. The fraction of sp³-hybridized carbons (Fsp3) is 0.286. The van der Waals surface area contributed by atoms with Crippen LogP contribution in [0.1, 0.15) is 12.0 Å². The Balaban J connectivity index is 2.74. The molecule has 1 unspecified atom stereocenters. The highest BCUT2D eigenvalue weighted by molar-refractivity contribution is 5.84. The first-order valence-corrected chi connectivity index (χ1v) is 5.57. The SMILES string of the molecule is C=CCC(N=Cc1ccc(OC)cc1)C(=O)OC. The summed E-state index contributed by atoms with van der Waals surface area (Å²) in [5, 5.41) is 0. The van der Waals surface area contributed by atoms with Crippen LogP contribution in [0, 0.1) is 0 Å². The van der Waals surface area contributed by atoms with E-state index in [1.165, 1.54) is 7.11 Å². The standard InChI is InChI=1S/C14H17NO3/c1-4-5-13(14(16)18-3)15-10-11-6-8-12(17-2)9-7-11/h4,6-10,13H,1,5H2,2-3H3. The highest BCUT2D eigenvalue weighted by atomic mass is 16.5. The highest BCUT2D eigenvalue weighted by Crippen LogP contribution is 2.10. The van der Waals surface area contributed by atoms with Gasteiger partial charge in [0.2, 0.25) is 0 Å². The second-order valence-corrected chi connectivity index (χ2v) is 3.61. The minimum atomic E-state index is -0.533. The minimum Gasteiger partial charge on any atom is -0.497 e. The maximum atomic E-state index is 11.4. The molecule has 0 spiro atoms. The first kappa shape index (κ1) is 14.0. The Hall–Kier alpha value is -2.10. The number of hydrogen-bond acceptors (Lipinski definition) is 4. The van der Waals surface area contributed by atoms with E-state index in [2.05, 4.69) is 16.3 Å². The summed E-state index contributed by atoms with van der Waals surface area (Å²) in [6.07, 6.45) is 3.75. The molecule has 0 aliphatic carbocycles. The van der Waals surface area contributed by atoms with Gasteiger partial charge in [-0.3, -0.25) is 4.99 Å². The average Bonchev–Trinajstić information content (AvgIpc) is 2.43. The molecule has 18 heavy (non-hydrogen) atoms. The Kier molecular flexibility index (Phi) is 5.64. The topological polar surface area (TPSA) is 47.9 Å². The number of benzene rings is 1. The number of hydrogen-bond donors (Lipinski definition) is 0. The Morgan fingerprint density at radius 2 is 2.06 bits per heavy atom. The molecule has 0 aliphatic heterocycles. The van der Waals surface area contributed by atoms with E-state index in [1.54, 1.807) is 19.4 Å². The molecule has 4 nitrogen and oxygen atoms in total. The van der Waals surface area contributed by atoms with Gasteiger partial charge in [-0.05, 0) is 36.2 Å². The van der Waals surface area contributed by atoms with Crippen molar-refractivity contribution in [3.63, 3.8) is 0 Å². The van der Waals surface area contributed by atoms with Crippen LogP contribution in [0.25, 0.3) is 0 Å². The van der Waals surface area contributed by atoms with Crippen LogP contribution in [-0.4, -0.2) is 32.4 Å². The Labute approximate surface area is 107 Å². The third-order valence-corrected chi connectivity index (χ3v) is 2.38. The number of nitrogens with zero attached hydrogens (tertiary/aromatic N) is 1. The molecular formula is C14H17NO3. The molecule has 0 radical (unpaired) electrons. The Bertz CT molecular complexity index is 423. The van der Waals surface area contributed by atoms with E-state index in [1.807, 2.05) is 24.3 Å². The Morgan fingerprint density at radius 1 is 1.39 bits per heavy atom. The quantitative estimate of drug-likeness (QED) is 0.440. The molecule has 0 bridgehead atoms. The molecule has 0 aliphatic rings. The van der Waals surface area contributed by atoms with Gasteiger partial charge < -0.3 is 9.47 Å². The maximum absolute atomic E-state index is 11.4. The smallest absolute Gasteiger partial charge is 0.330 e. The summed E-state index contributed by atoms with van der Waals surface area (Å²) in [6, 6.07) is 6.87. The van der Waals surface area contributed by atoms with Crippen LogP contribution in [0.2, 0.25) is 0 Å². The van der Waals surface area contributed by atoms with Crippen molar-refractivity contribution in [2.24, 2.45) is 4.99 Å². The van der Waals surface area contributed by atoms with Crippen molar-refractivity contribution in [2.75, 3.05) is 14.2 Å². The number of carbonyl (C=O) groups is 1. The largest absolute Gasteiger partial charge is 0.497 e. The number of methoxy groups -OCH3 is 2. The van der Waals surface area contributed by atoms with Gasteiger partial charge in [-0.15, -0.1) is 6.58 Å². The second kappa shape index (κ2) is 7.27. The van der Waals surface area contributed by atoms with E-state index in [0.717, 1.165) is 11.3 Å². The summed E-state index contributed by atoms with van der Waals surface area (Å²) in [6.45, 7) is 3.60. The molecule has 1 atom stereocenters. The summed E-state index contributed by atoms with van der Waals surface area (Å²) in [4.78, 5) is 15.6. The van der Waals surface area contributed by atoms with Gasteiger partial charge in [0.15, 0.2) is 6.04 Å². The van der Waals surface area contributed by atoms with Crippen molar-refractivity contribution in [2.45, 2.75) is 12.5 Å². The summed E-state index contributed by atoms with van der Waals surface area (Å²) in [5.41, 5.74) is 0.897. The molecule has 0 heterocycles. The average molecular weight is 247 g/mol. The van der Waals surface area contributed by atoms with E-state index in [9.17, 15) is 4.79 Å². The van der Waals surface area contributed by atoms with Crippen molar-refractivity contribution in [1.29, 1.82) is 0 Å². The molecule has 0 N–H and O–H groups in total. The van der Waals surface area contributed by atoms with Crippen LogP contribution >= 0.6 is 0 Å². The van der Waals surface area contributed by atoms with Gasteiger partial charge in [0.1, 0.15) is 5.75 Å². The lowest BCUT2D eigenvalue weighted by Crippen LogP contribution is -2.19. The number of rotatable bonds is 6. The summed E-state index contributed by atoms with van der Waals surface area (Å²) in [7, 11) is 2.96. The van der Waals surface area contributed by atoms with Crippen molar-refractivity contribution in [3.05, 3.63) is 42.5 Å². The summed E-state index contributed by atoms with van der Waals surface area (Å²) < 4.78 is 9.73. The lowest BCUT2D eigenvalue weighted by molar-refractivity contribution is -0.141. The van der Waals surface area contributed by atoms with E-state index >= 15 is 0 Å². The zero-order chi connectivity index (χ0) is 13.4. The summed E-state index contributed by atoms with van der Waals surface area (Å²) in [5.74, 6) is 0.419. The van der Waals surface area contributed by atoms with Crippen LogP contribution in [-0.2, 0) is 9.53 Å². The zero-order valence-corrected chi connectivity index (χ0v) is 10.6. The van der Waals surface area contributed by atoms with E-state index in [-0.39, 0.29) is 5.97 Å². The third-order valence-electron chi connectivity index (χ3n) is 2.38. The lowest BCUT2D eigenvalue weighted by Gasteiger charge is -2.07. The number of carbonyl (C=O) groups excluding carboxylic acids is 1. The van der Waals surface area contributed by atoms with E-state index < -0.39 is 6.04 Å². The molecule has 0 saturated carbocycles. The van der Waals surface area contributed by atoms with Crippen molar-refractivity contribution < 1.29 is 14.3 Å². The van der Waals surface area contributed by atoms with Crippen LogP contribution in [0.15, 0.2) is 41.9 Å². The predicted octanol–water partition coefficient (Wildman–Crippen LogP) is 2.23. The number of ether oxygens (including phenoxy) is 2. The normalized spacial score (nSPS) is 12.1. The van der Waals surface area contributed by atoms with Crippen molar-refractivity contribution in [1.82, 2.24) is 0 Å². The zero-order valence-electron chi connectivity index (χ0n) is 10.6. The van der Waals surface area contributed by atoms with Crippen molar-refractivity contribution in [3.8, 4) is 5.75 Å². The third kappa shape index (κ3) is 4.05. The highest BCUT2D eigenvalue weighted by Gasteiger charge is 2.14. The van der Waals surface area contributed by atoms with Crippen LogP contribution in [0.5, 0.6) is 5.75 Å². The van der Waals surface area contributed by atoms with E-state index in [0.29, 0.717) is 6.42 Å².